The molecule has 0 aliphatic carbocycles. The van der Waals surface area contributed by atoms with Gasteiger partial charge in [-0.15, -0.1) is 0 Å². The van der Waals surface area contributed by atoms with Crippen LogP contribution in [0.4, 0.5) is 5.69 Å². The SMILES string of the molecule is Cc1cccc(S(C)(=O)=O)c1NC(=S)N=C(N)N. The fraction of sp³-hybridized carbons (Fsp3) is 0.200. The number of rotatable bonds is 2. The number of nitrogens with one attached hydrogen (secondary N) is 1. The molecule has 1 aromatic rings. The Balaban J connectivity index is 3.24. The van der Waals surface area contributed by atoms with E-state index >= 15 is 0 Å². The van der Waals surface area contributed by atoms with Crippen molar-refractivity contribution in [1.82, 2.24) is 0 Å². The quantitative estimate of drug-likeness (QED) is 0.411. The van der Waals surface area contributed by atoms with Crippen molar-refractivity contribution in [2.45, 2.75) is 11.8 Å². The van der Waals surface area contributed by atoms with Gasteiger partial charge in [0.1, 0.15) is 0 Å². The number of aryl methyl sites for hydroxylation is 1. The maximum Gasteiger partial charge on any atom is 0.200 e. The van der Waals surface area contributed by atoms with E-state index in [1.807, 2.05) is 0 Å². The molecule has 0 radical (unpaired) electrons. The number of nitrogens with two attached hydrogens (primary N) is 2. The van der Waals surface area contributed by atoms with Crippen LogP contribution in [0, 0.1) is 6.92 Å². The maximum atomic E-state index is 11.6. The van der Waals surface area contributed by atoms with Crippen molar-refractivity contribution in [2.75, 3.05) is 11.6 Å². The number of anilines is 1. The molecule has 0 amide bonds. The Morgan fingerprint density at radius 2 is 2.00 bits per heavy atom. The van der Waals surface area contributed by atoms with Crippen LogP contribution in [0.3, 0.4) is 0 Å². The van der Waals surface area contributed by atoms with Gasteiger partial charge in [-0.25, -0.2) is 8.42 Å². The van der Waals surface area contributed by atoms with E-state index in [4.69, 9.17) is 23.7 Å². The van der Waals surface area contributed by atoms with E-state index in [-0.39, 0.29) is 16.0 Å². The molecule has 5 N–H and O–H groups in total. The Labute approximate surface area is 111 Å². The summed E-state index contributed by atoms with van der Waals surface area (Å²) in [5.74, 6) is -0.193. The summed E-state index contributed by atoms with van der Waals surface area (Å²) in [6, 6.07) is 4.90. The van der Waals surface area contributed by atoms with Gasteiger partial charge < -0.3 is 16.8 Å². The first-order chi connectivity index (χ1) is 8.21. The lowest BCUT2D eigenvalue weighted by Crippen LogP contribution is -2.25. The van der Waals surface area contributed by atoms with Crippen LogP contribution in [0.5, 0.6) is 0 Å². The molecule has 1 aromatic carbocycles. The van der Waals surface area contributed by atoms with Crippen molar-refractivity contribution < 1.29 is 8.42 Å². The topological polar surface area (TPSA) is 111 Å². The van der Waals surface area contributed by atoms with Crippen LogP contribution in [-0.4, -0.2) is 25.7 Å². The minimum absolute atomic E-state index is 0.00852. The van der Waals surface area contributed by atoms with Crippen LogP contribution < -0.4 is 16.8 Å². The summed E-state index contributed by atoms with van der Waals surface area (Å²) in [6.07, 6.45) is 1.12. The van der Waals surface area contributed by atoms with Gasteiger partial charge in [-0.3, -0.25) is 0 Å². The highest BCUT2D eigenvalue weighted by Crippen LogP contribution is 2.25. The lowest BCUT2D eigenvalue weighted by molar-refractivity contribution is 0.602. The lowest BCUT2D eigenvalue weighted by Gasteiger charge is -2.12. The van der Waals surface area contributed by atoms with Crippen LogP contribution in [0.15, 0.2) is 28.1 Å². The van der Waals surface area contributed by atoms with Crippen LogP contribution in [0.1, 0.15) is 5.56 Å². The van der Waals surface area contributed by atoms with E-state index in [1.54, 1.807) is 19.1 Å². The third-order valence-electron chi connectivity index (χ3n) is 2.10. The third kappa shape index (κ3) is 3.67. The Morgan fingerprint density at radius 1 is 1.39 bits per heavy atom. The molecule has 0 atom stereocenters. The van der Waals surface area contributed by atoms with E-state index in [0.717, 1.165) is 11.8 Å². The molecule has 0 saturated carbocycles. The van der Waals surface area contributed by atoms with Crippen molar-refractivity contribution in [2.24, 2.45) is 16.5 Å². The maximum absolute atomic E-state index is 11.6. The van der Waals surface area contributed by atoms with Gasteiger partial charge in [0.2, 0.25) is 5.11 Å². The first-order valence-electron chi connectivity index (χ1n) is 4.92. The number of hydrogen-bond donors (Lipinski definition) is 3. The molecule has 98 valence electrons. The summed E-state index contributed by atoms with van der Waals surface area (Å²) >= 11 is 4.90. The number of nitrogens with zero attached hydrogens (tertiary/aromatic N) is 1. The van der Waals surface area contributed by atoms with Crippen molar-refractivity contribution in [3.8, 4) is 0 Å². The zero-order valence-corrected chi connectivity index (χ0v) is 11.6. The van der Waals surface area contributed by atoms with Gasteiger partial charge in [-0.2, -0.15) is 4.99 Å². The normalized spacial score (nSPS) is 10.8. The van der Waals surface area contributed by atoms with E-state index in [9.17, 15) is 8.42 Å². The monoisotopic (exact) mass is 286 g/mol. The molecule has 0 unspecified atom stereocenters. The van der Waals surface area contributed by atoms with Gasteiger partial charge in [0.15, 0.2) is 15.8 Å². The highest BCUT2D eigenvalue weighted by Gasteiger charge is 2.15. The molecule has 0 heterocycles. The number of para-hydroxylation sites is 1. The van der Waals surface area contributed by atoms with Gasteiger partial charge in [0.05, 0.1) is 10.6 Å². The summed E-state index contributed by atoms with van der Waals surface area (Å²) in [6.45, 7) is 1.76. The van der Waals surface area contributed by atoms with E-state index in [1.165, 1.54) is 6.07 Å². The molecule has 1 rings (SSSR count). The third-order valence-corrected chi connectivity index (χ3v) is 3.43. The van der Waals surface area contributed by atoms with Crippen LogP contribution in [0.25, 0.3) is 0 Å². The summed E-state index contributed by atoms with van der Waals surface area (Å²) in [5, 5.41) is 2.73. The van der Waals surface area contributed by atoms with Gasteiger partial charge in [-0.05, 0) is 30.8 Å². The predicted molar refractivity (Wildman–Crippen MR) is 76.3 cm³/mol. The van der Waals surface area contributed by atoms with Gasteiger partial charge in [0.25, 0.3) is 0 Å². The molecule has 18 heavy (non-hydrogen) atoms. The standard InChI is InChI=1S/C10H14N4O2S2/c1-6-4-3-5-7(18(2,15)16)8(6)13-10(17)14-9(11)12/h3-5H,1-2H3,(H5,11,12,13,14,17). The molecule has 0 spiro atoms. The molecule has 0 bridgehead atoms. The molecule has 8 heteroatoms. The van der Waals surface area contributed by atoms with Crippen molar-refractivity contribution >= 4 is 38.8 Å². The smallest absolute Gasteiger partial charge is 0.200 e. The lowest BCUT2D eigenvalue weighted by atomic mass is 10.2. The van der Waals surface area contributed by atoms with Crippen LogP contribution in [0.2, 0.25) is 0 Å². The zero-order valence-electron chi connectivity index (χ0n) is 9.97. The molecular weight excluding hydrogens is 272 g/mol. The summed E-state index contributed by atoms with van der Waals surface area (Å²) < 4.78 is 23.3. The number of guanidine groups is 1. The highest BCUT2D eigenvalue weighted by molar-refractivity contribution is 7.90. The second kappa shape index (κ2) is 5.32. The molecule has 0 aliphatic rings. The predicted octanol–water partition coefficient (Wildman–Crippen LogP) is 0.369. The molecule has 0 fully saturated rings. The van der Waals surface area contributed by atoms with E-state index in [0.29, 0.717) is 5.69 Å². The first kappa shape index (κ1) is 14.4. The van der Waals surface area contributed by atoms with Gasteiger partial charge in [-0.1, -0.05) is 12.1 Å². The summed E-state index contributed by atoms with van der Waals surface area (Å²) in [5.41, 5.74) is 11.5. The van der Waals surface area contributed by atoms with Crippen molar-refractivity contribution in [3.63, 3.8) is 0 Å². The first-order valence-corrected chi connectivity index (χ1v) is 7.22. The summed E-state index contributed by atoms with van der Waals surface area (Å²) in [7, 11) is -3.36. The second-order valence-corrected chi connectivity index (χ2v) is 6.06. The fourth-order valence-corrected chi connectivity index (χ4v) is 2.48. The zero-order chi connectivity index (χ0) is 13.9. The minimum Gasteiger partial charge on any atom is -0.370 e. The molecule has 0 aromatic heterocycles. The van der Waals surface area contributed by atoms with Crippen LogP contribution >= 0.6 is 12.2 Å². The Morgan fingerprint density at radius 3 is 2.50 bits per heavy atom. The van der Waals surface area contributed by atoms with Crippen LogP contribution in [-0.2, 0) is 9.84 Å². The van der Waals surface area contributed by atoms with Crippen molar-refractivity contribution in [1.29, 1.82) is 0 Å². The second-order valence-electron chi connectivity index (χ2n) is 3.69. The largest absolute Gasteiger partial charge is 0.370 e. The van der Waals surface area contributed by atoms with Gasteiger partial charge in [0, 0.05) is 6.26 Å². The number of sulfone groups is 1. The Hall–Kier alpha value is -1.67. The van der Waals surface area contributed by atoms with E-state index in [2.05, 4.69) is 10.3 Å². The number of benzene rings is 1. The van der Waals surface area contributed by atoms with Gasteiger partial charge >= 0.3 is 0 Å². The highest BCUT2D eigenvalue weighted by atomic mass is 32.2. The minimum atomic E-state index is -3.36. The Bertz CT molecular complexity index is 604. The number of aliphatic imine (C=N–C) groups is 1. The molecule has 6 nitrogen and oxygen atoms in total. The Kier molecular flexibility index (Phi) is 4.25. The number of thiocarbonyl (C=S) groups is 1. The molecular formula is C10H14N4O2S2. The molecule has 0 aliphatic heterocycles. The average molecular weight is 286 g/mol. The number of hydrogen-bond acceptors (Lipinski definition) is 3. The average Bonchev–Trinajstić information content (AvgIpc) is 2.18. The fourth-order valence-electron chi connectivity index (χ4n) is 1.36. The molecule has 0 saturated heterocycles. The van der Waals surface area contributed by atoms with Crippen molar-refractivity contribution in [3.05, 3.63) is 23.8 Å². The summed E-state index contributed by atoms with van der Waals surface area (Å²) in [4.78, 5) is 3.78. The van der Waals surface area contributed by atoms with E-state index < -0.39 is 9.84 Å².